The fourth-order valence-electron chi connectivity index (χ4n) is 4.56. The van der Waals surface area contributed by atoms with E-state index >= 15 is 0 Å². The molecule has 0 aliphatic heterocycles. The maximum atomic E-state index is 13.1. The highest BCUT2D eigenvalue weighted by molar-refractivity contribution is 6.31. The Morgan fingerprint density at radius 3 is 2.28 bits per heavy atom. The van der Waals surface area contributed by atoms with E-state index in [-0.39, 0.29) is 11.7 Å². The van der Waals surface area contributed by atoms with Crippen LogP contribution in [0.4, 0.5) is 5.69 Å². The number of rotatable bonds is 15. The Morgan fingerprint density at radius 2 is 1.53 bits per heavy atom. The molecule has 1 atom stereocenters. The van der Waals surface area contributed by atoms with Gasteiger partial charge in [-0.05, 0) is 54.3 Å². The van der Waals surface area contributed by atoms with Crippen molar-refractivity contribution in [3.63, 3.8) is 0 Å². The Morgan fingerprint density at radius 1 is 0.837 bits per heavy atom. The second-order valence-corrected chi connectivity index (χ2v) is 10.4. The van der Waals surface area contributed by atoms with E-state index < -0.39 is 12.0 Å². The molecule has 0 bridgehead atoms. The Bertz CT molecular complexity index is 1510. The molecule has 222 valence electrons. The van der Waals surface area contributed by atoms with Gasteiger partial charge < -0.3 is 20.1 Å². The molecular formula is C35H35ClN2O5. The molecule has 2 N–H and O–H groups in total. The smallest absolute Gasteiger partial charge is 0.328 e. The number of halogens is 1. The molecule has 43 heavy (non-hydrogen) atoms. The van der Waals surface area contributed by atoms with E-state index in [0.717, 1.165) is 11.1 Å². The fraction of sp³-hybridized carbons (Fsp3) is 0.229. The number of esters is 1. The highest BCUT2D eigenvalue weighted by Crippen LogP contribution is 2.22. The molecule has 0 fully saturated rings. The zero-order chi connectivity index (χ0) is 30.4. The molecule has 0 radical (unpaired) electrons. The van der Waals surface area contributed by atoms with Gasteiger partial charge in [-0.25, -0.2) is 4.79 Å². The summed E-state index contributed by atoms with van der Waals surface area (Å²) in [5.41, 5.74) is 3.46. The van der Waals surface area contributed by atoms with Crippen LogP contribution in [0, 0.1) is 0 Å². The van der Waals surface area contributed by atoms with E-state index in [4.69, 9.17) is 21.1 Å². The van der Waals surface area contributed by atoms with E-state index in [1.54, 1.807) is 30.3 Å². The number of ether oxygens (including phenoxy) is 2. The topological polar surface area (TPSA) is 93.7 Å². The van der Waals surface area contributed by atoms with Gasteiger partial charge in [0.05, 0.1) is 13.7 Å². The maximum Gasteiger partial charge on any atom is 0.328 e. The van der Waals surface area contributed by atoms with Crippen molar-refractivity contribution >= 4 is 34.9 Å². The number of nitrogens with one attached hydrogen (secondary N) is 2. The fourth-order valence-corrected chi connectivity index (χ4v) is 4.79. The van der Waals surface area contributed by atoms with Crippen LogP contribution in [-0.2, 0) is 27.2 Å². The number of benzene rings is 4. The average molecular weight is 599 g/mol. The molecule has 0 aromatic heterocycles. The highest BCUT2D eigenvalue weighted by atomic mass is 35.5. The number of carbonyl (C=O) groups excluding carboxylic acids is 3. The number of hydrogen-bond donors (Lipinski definition) is 2. The van der Waals surface area contributed by atoms with Gasteiger partial charge in [0.1, 0.15) is 11.8 Å². The SMILES string of the molecule is COC(=O)[C@H](Cc1ccc(OCCCNC(=O)CCc2ccccc2Cl)cc1)Nc1ccccc1C(=O)c1ccccc1. The van der Waals surface area contributed by atoms with E-state index in [2.05, 4.69) is 10.6 Å². The lowest BCUT2D eigenvalue weighted by molar-refractivity contribution is -0.141. The van der Waals surface area contributed by atoms with Gasteiger partial charge in [-0.15, -0.1) is 0 Å². The lowest BCUT2D eigenvalue weighted by Crippen LogP contribution is -2.33. The van der Waals surface area contributed by atoms with Gasteiger partial charge in [0.15, 0.2) is 5.78 Å². The van der Waals surface area contributed by atoms with Crippen LogP contribution in [-0.4, -0.2) is 44.0 Å². The molecule has 4 rings (SSSR count). The summed E-state index contributed by atoms with van der Waals surface area (Å²) in [5.74, 6) is 0.0990. The van der Waals surface area contributed by atoms with Crippen molar-refractivity contribution in [2.24, 2.45) is 0 Å². The first-order chi connectivity index (χ1) is 20.9. The van der Waals surface area contributed by atoms with Crippen molar-refractivity contribution in [3.05, 3.63) is 130 Å². The van der Waals surface area contributed by atoms with Crippen molar-refractivity contribution < 1.29 is 23.9 Å². The summed E-state index contributed by atoms with van der Waals surface area (Å²) in [6.45, 7) is 0.961. The van der Waals surface area contributed by atoms with E-state index in [1.807, 2.05) is 72.8 Å². The van der Waals surface area contributed by atoms with Gasteiger partial charge in [-0.2, -0.15) is 0 Å². The zero-order valence-electron chi connectivity index (χ0n) is 24.1. The molecule has 0 heterocycles. The molecular weight excluding hydrogens is 564 g/mol. The number of carbonyl (C=O) groups is 3. The molecule has 0 aliphatic carbocycles. The van der Waals surface area contributed by atoms with Crippen molar-refractivity contribution in [3.8, 4) is 5.75 Å². The second-order valence-electron chi connectivity index (χ2n) is 9.95. The van der Waals surface area contributed by atoms with Gasteiger partial charge >= 0.3 is 5.97 Å². The van der Waals surface area contributed by atoms with Crippen LogP contribution in [0.3, 0.4) is 0 Å². The monoisotopic (exact) mass is 598 g/mol. The van der Waals surface area contributed by atoms with Crippen molar-refractivity contribution in [2.75, 3.05) is 25.6 Å². The third-order valence-corrected chi connectivity index (χ3v) is 7.25. The summed E-state index contributed by atoms with van der Waals surface area (Å²) in [5, 5.41) is 6.81. The summed E-state index contributed by atoms with van der Waals surface area (Å²) < 4.78 is 10.9. The first kappa shape index (κ1) is 31.3. The largest absolute Gasteiger partial charge is 0.494 e. The standard InChI is InChI=1S/C35H35ClN2O5/c1-42-35(41)32(38-31-15-8-6-13-29(31)34(40)27-11-3-2-4-12-27)24-25-16-19-28(20-17-25)43-23-9-22-37-33(39)21-18-26-10-5-7-14-30(26)36/h2-8,10-17,19-20,32,38H,9,18,21-24H2,1H3,(H,37,39)/t32-/m0/s1. The summed E-state index contributed by atoms with van der Waals surface area (Å²) in [6, 6.07) is 30.5. The van der Waals surface area contributed by atoms with Crippen LogP contribution in [0.5, 0.6) is 5.75 Å². The van der Waals surface area contributed by atoms with Crippen LogP contribution in [0.1, 0.15) is 39.9 Å². The van der Waals surface area contributed by atoms with Crippen LogP contribution in [0.25, 0.3) is 0 Å². The number of aryl methyl sites for hydroxylation is 1. The normalized spacial score (nSPS) is 11.3. The summed E-state index contributed by atoms with van der Waals surface area (Å²) in [4.78, 5) is 38.0. The lowest BCUT2D eigenvalue weighted by atomic mass is 10.00. The second kappa shape index (κ2) is 16.1. The predicted octanol–water partition coefficient (Wildman–Crippen LogP) is 6.29. The first-order valence-corrected chi connectivity index (χ1v) is 14.6. The van der Waals surface area contributed by atoms with Gasteiger partial charge in [0.25, 0.3) is 0 Å². The molecule has 0 unspecified atom stereocenters. The quantitative estimate of drug-likeness (QED) is 0.0950. The van der Waals surface area contributed by atoms with Crippen LogP contribution in [0.2, 0.25) is 5.02 Å². The number of para-hydroxylation sites is 1. The molecule has 0 spiro atoms. The van der Waals surface area contributed by atoms with Crippen molar-refractivity contribution in [1.29, 1.82) is 0 Å². The maximum absolute atomic E-state index is 13.1. The number of methoxy groups -OCH3 is 1. The van der Waals surface area contributed by atoms with Gasteiger partial charge in [-0.3, -0.25) is 9.59 Å². The van der Waals surface area contributed by atoms with E-state index in [0.29, 0.717) is 66.4 Å². The molecule has 0 saturated heterocycles. The Balaban J connectivity index is 1.26. The molecule has 0 saturated carbocycles. The zero-order valence-corrected chi connectivity index (χ0v) is 24.8. The highest BCUT2D eigenvalue weighted by Gasteiger charge is 2.22. The molecule has 8 heteroatoms. The summed E-state index contributed by atoms with van der Waals surface area (Å²) >= 11 is 6.15. The van der Waals surface area contributed by atoms with Gasteiger partial charge in [-0.1, -0.05) is 84.4 Å². The molecule has 4 aromatic carbocycles. The van der Waals surface area contributed by atoms with E-state index in [9.17, 15) is 14.4 Å². The molecule has 4 aromatic rings. The number of hydrogen-bond acceptors (Lipinski definition) is 6. The minimum atomic E-state index is -0.706. The van der Waals surface area contributed by atoms with Crippen molar-refractivity contribution in [2.45, 2.75) is 31.7 Å². The summed E-state index contributed by atoms with van der Waals surface area (Å²) in [6.07, 6.45) is 1.98. The van der Waals surface area contributed by atoms with Crippen LogP contribution < -0.4 is 15.4 Å². The van der Waals surface area contributed by atoms with Gasteiger partial charge in [0, 0.05) is 41.2 Å². The lowest BCUT2D eigenvalue weighted by Gasteiger charge is -2.20. The third-order valence-electron chi connectivity index (χ3n) is 6.88. The first-order valence-electron chi connectivity index (χ1n) is 14.2. The molecule has 7 nitrogen and oxygen atoms in total. The molecule has 1 amide bonds. The minimum absolute atomic E-state index is 0.0231. The Kier molecular flexibility index (Phi) is 11.7. The predicted molar refractivity (Wildman–Crippen MR) is 169 cm³/mol. The van der Waals surface area contributed by atoms with Crippen LogP contribution >= 0.6 is 11.6 Å². The summed E-state index contributed by atoms with van der Waals surface area (Å²) in [7, 11) is 1.34. The van der Waals surface area contributed by atoms with Gasteiger partial charge in [0.2, 0.25) is 5.91 Å². The number of ketones is 1. The molecule has 0 aliphatic rings. The van der Waals surface area contributed by atoms with Crippen LogP contribution in [0.15, 0.2) is 103 Å². The Labute approximate surface area is 257 Å². The van der Waals surface area contributed by atoms with Crippen molar-refractivity contribution in [1.82, 2.24) is 5.32 Å². The number of anilines is 1. The average Bonchev–Trinajstić information content (AvgIpc) is 3.04. The van der Waals surface area contributed by atoms with E-state index in [1.165, 1.54) is 7.11 Å². The third kappa shape index (κ3) is 9.45. The Hall–Kier alpha value is -4.62. The minimum Gasteiger partial charge on any atom is -0.494 e. The number of amides is 1.